The molecule has 10 heteroatoms. The lowest BCUT2D eigenvalue weighted by atomic mass is 10.1. The van der Waals surface area contributed by atoms with Gasteiger partial charge in [-0.1, -0.05) is 6.92 Å². The van der Waals surface area contributed by atoms with Crippen LogP contribution in [0.5, 0.6) is 0 Å². The van der Waals surface area contributed by atoms with Crippen molar-refractivity contribution >= 4 is 22.7 Å². The molecule has 0 bridgehead atoms. The topological polar surface area (TPSA) is 47.8 Å². The van der Waals surface area contributed by atoms with Crippen LogP contribution in [-0.2, 0) is 6.54 Å². The average Bonchev–Trinajstić information content (AvgIpc) is 2.63. The second-order valence-electron chi connectivity index (χ2n) is 5.87. The molecule has 3 aromatic heterocycles. The van der Waals surface area contributed by atoms with Crippen LogP contribution in [0.2, 0.25) is 0 Å². The Morgan fingerprint density at radius 2 is 1.86 bits per heavy atom. The summed E-state index contributed by atoms with van der Waals surface area (Å²) in [4.78, 5) is 21.2. The molecular weight excluding hydrogens is 401 g/mol. The minimum Gasteiger partial charge on any atom is -0.300 e. The Hall–Kier alpha value is -2.49. The minimum absolute atomic E-state index is 0.110. The molecule has 0 aromatic carbocycles. The van der Waals surface area contributed by atoms with Crippen LogP contribution in [0.15, 0.2) is 52.4 Å². The molecule has 0 fully saturated rings. The first kappa shape index (κ1) is 20.2. The monoisotopic (exact) mass is 415 g/mol. The van der Waals surface area contributed by atoms with Crippen LogP contribution in [0.1, 0.15) is 6.92 Å². The highest BCUT2D eigenvalue weighted by molar-refractivity contribution is 7.99. The fraction of sp³-hybridized carbons (Fsp3) is 0.278. The van der Waals surface area contributed by atoms with Crippen molar-refractivity contribution in [3.8, 4) is 11.4 Å². The number of aromatic nitrogens is 3. The molecule has 0 atom stereocenters. The summed E-state index contributed by atoms with van der Waals surface area (Å²) in [5.41, 5.74) is -0.0849. The molecule has 28 heavy (non-hydrogen) atoms. The summed E-state index contributed by atoms with van der Waals surface area (Å²) in [6.07, 6.45) is -3.07. The van der Waals surface area contributed by atoms with Gasteiger partial charge in [-0.15, -0.1) is 11.8 Å². The summed E-state index contributed by atoms with van der Waals surface area (Å²) < 4.78 is 65.1. The summed E-state index contributed by atoms with van der Waals surface area (Å²) in [5, 5.41) is 0.306. The largest absolute Gasteiger partial charge is 0.455 e. The van der Waals surface area contributed by atoms with Crippen molar-refractivity contribution in [1.82, 2.24) is 14.5 Å². The van der Waals surface area contributed by atoms with Crippen LogP contribution in [0.4, 0.5) is 22.0 Å². The Morgan fingerprint density at radius 1 is 1.11 bits per heavy atom. The molecule has 148 valence electrons. The van der Waals surface area contributed by atoms with Gasteiger partial charge in [0.25, 0.3) is 5.56 Å². The minimum atomic E-state index is -5.76. The molecular formula is C18H14F5N3OS. The van der Waals surface area contributed by atoms with Gasteiger partial charge in [0.2, 0.25) is 0 Å². The smallest absolute Gasteiger partial charge is 0.300 e. The zero-order valence-corrected chi connectivity index (χ0v) is 15.3. The number of hydrogen-bond donors (Lipinski definition) is 0. The fourth-order valence-electron chi connectivity index (χ4n) is 2.63. The number of fused-ring (bicyclic) bond motifs is 1. The van der Waals surface area contributed by atoms with Crippen LogP contribution in [0.3, 0.4) is 0 Å². The van der Waals surface area contributed by atoms with E-state index in [2.05, 4.69) is 9.97 Å². The fourth-order valence-corrected chi connectivity index (χ4v) is 3.41. The van der Waals surface area contributed by atoms with E-state index in [-0.39, 0.29) is 5.52 Å². The third kappa shape index (κ3) is 3.87. The first-order valence-electron chi connectivity index (χ1n) is 8.16. The summed E-state index contributed by atoms with van der Waals surface area (Å²) in [6, 6.07) is 7.45. The molecule has 3 rings (SSSR count). The Balaban J connectivity index is 2.11. The maximum atomic E-state index is 13.5. The van der Waals surface area contributed by atoms with Gasteiger partial charge in [0.1, 0.15) is 5.69 Å². The van der Waals surface area contributed by atoms with E-state index in [4.69, 9.17) is 0 Å². The SMILES string of the molecule is CCSc1cccnc1-c1cc2ccc(=O)n(CC(F)(F)C(F)(F)F)c2cn1. The summed E-state index contributed by atoms with van der Waals surface area (Å²) in [6.45, 7) is 0.156. The Kier molecular flexibility index (Phi) is 5.42. The molecule has 0 N–H and O–H groups in total. The highest BCUT2D eigenvalue weighted by Gasteiger charge is 2.57. The first-order chi connectivity index (χ1) is 13.1. The lowest BCUT2D eigenvalue weighted by molar-refractivity contribution is -0.286. The highest BCUT2D eigenvalue weighted by atomic mass is 32.2. The zero-order chi connectivity index (χ0) is 20.5. The van der Waals surface area contributed by atoms with E-state index in [0.717, 1.165) is 22.9 Å². The molecule has 0 aliphatic heterocycles. The first-order valence-corrected chi connectivity index (χ1v) is 9.15. The number of rotatable bonds is 5. The molecule has 0 spiro atoms. The van der Waals surface area contributed by atoms with Gasteiger partial charge in [-0.25, -0.2) is 0 Å². The van der Waals surface area contributed by atoms with Crippen molar-refractivity contribution in [2.24, 2.45) is 0 Å². The predicted molar refractivity (Wildman–Crippen MR) is 96.6 cm³/mol. The second-order valence-corrected chi connectivity index (χ2v) is 7.18. The number of hydrogen-bond acceptors (Lipinski definition) is 4. The quantitative estimate of drug-likeness (QED) is 0.445. The van der Waals surface area contributed by atoms with Gasteiger partial charge in [0.05, 0.1) is 24.0 Å². The van der Waals surface area contributed by atoms with Crippen LogP contribution in [0, 0.1) is 0 Å². The van der Waals surface area contributed by atoms with E-state index in [1.165, 1.54) is 23.9 Å². The lowest BCUT2D eigenvalue weighted by Crippen LogP contribution is -2.42. The molecule has 0 aliphatic rings. The summed E-state index contributed by atoms with van der Waals surface area (Å²) in [7, 11) is 0. The molecule has 4 nitrogen and oxygen atoms in total. The molecule has 0 saturated carbocycles. The maximum absolute atomic E-state index is 13.5. The average molecular weight is 415 g/mol. The molecule has 0 aliphatic carbocycles. The zero-order valence-electron chi connectivity index (χ0n) is 14.5. The van der Waals surface area contributed by atoms with Crippen molar-refractivity contribution in [2.45, 2.75) is 30.5 Å². The number of nitrogens with zero attached hydrogens (tertiary/aromatic N) is 3. The molecule has 0 radical (unpaired) electrons. The number of halogens is 5. The van der Waals surface area contributed by atoms with Crippen LogP contribution >= 0.6 is 11.8 Å². The van der Waals surface area contributed by atoms with Crippen molar-refractivity contribution < 1.29 is 22.0 Å². The van der Waals surface area contributed by atoms with Crippen molar-refractivity contribution in [1.29, 1.82) is 0 Å². The van der Waals surface area contributed by atoms with E-state index < -0.39 is 24.2 Å². The number of thioether (sulfide) groups is 1. The van der Waals surface area contributed by atoms with E-state index in [9.17, 15) is 26.7 Å². The van der Waals surface area contributed by atoms with Crippen molar-refractivity contribution in [3.05, 3.63) is 53.1 Å². The maximum Gasteiger partial charge on any atom is 0.455 e. The molecule has 0 unspecified atom stereocenters. The van der Waals surface area contributed by atoms with Crippen molar-refractivity contribution in [3.63, 3.8) is 0 Å². The van der Waals surface area contributed by atoms with Gasteiger partial charge < -0.3 is 4.57 Å². The molecule has 3 heterocycles. The van der Waals surface area contributed by atoms with E-state index >= 15 is 0 Å². The van der Waals surface area contributed by atoms with E-state index in [1.807, 2.05) is 13.0 Å². The summed E-state index contributed by atoms with van der Waals surface area (Å²) in [5.74, 6) is -4.26. The Bertz CT molecular complexity index is 1070. The van der Waals surface area contributed by atoms with Gasteiger partial charge in [0.15, 0.2) is 0 Å². The van der Waals surface area contributed by atoms with E-state index in [1.54, 1.807) is 12.3 Å². The molecule has 0 amide bonds. The van der Waals surface area contributed by atoms with Crippen LogP contribution in [-0.4, -0.2) is 32.4 Å². The van der Waals surface area contributed by atoms with Gasteiger partial charge in [-0.05, 0) is 30.0 Å². The van der Waals surface area contributed by atoms with Gasteiger partial charge in [0, 0.05) is 22.5 Å². The van der Waals surface area contributed by atoms with Crippen LogP contribution < -0.4 is 5.56 Å². The normalized spacial score (nSPS) is 12.5. The lowest BCUT2D eigenvalue weighted by Gasteiger charge is -2.21. The van der Waals surface area contributed by atoms with Gasteiger partial charge >= 0.3 is 12.1 Å². The molecule has 0 saturated heterocycles. The molecule has 3 aromatic rings. The second kappa shape index (κ2) is 7.50. The van der Waals surface area contributed by atoms with Crippen LogP contribution in [0.25, 0.3) is 22.3 Å². The number of alkyl halides is 5. The third-order valence-electron chi connectivity index (χ3n) is 3.96. The predicted octanol–water partition coefficient (Wildman–Crippen LogP) is 4.77. The highest BCUT2D eigenvalue weighted by Crippen LogP contribution is 2.37. The van der Waals surface area contributed by atoms with Gasteiger partial charge in [-0.2, -0.15) is 22.0 Å². The Labute approximate surface area is 160 Å². The Morgan fingerprint density at radius 3 is 2.54 bits per heavy atom. The summed E-state index contributed by atoms with van der Waals surface area (Å²) >= 11 is 1.54. The standard InChI is InChI=1S/C18H14F5N3OS/c1-2-28-14-4-3-7-24-16(14)12-8-11-5-6-15(27)26(13(11)9-25-12)10-17(19,20)18(21,22)23/h3-9H,2,10H2,1H3. The van der Waals surface area contributed by atoms with Gasteiger partial charge in [-0.3, -0.25) is 14.8 Å². The third-order valence-corrected chi connectivity index (χ3v) is 4.89. The van der Waals surface area contributed by atoms with Crippen molar-refractivity contribution in [2.75, 3.05) is 5.75 Å². The van der Waals surface area contributed by atoms with E-state index in [0.29, 0.717) is 21.3 Å². The number of pyridine rings is 3.